The third-order valence-electron chi connectivity index (χ3n) is 4.22. The SMILES string of the molecule is CNc1cc(C(=O)O)n(C)c1.CSSC(C)(C)CCC(=O)Nc1cc(C=O)n(C)c1. The number of carbonyl (C=O) groups is 3. The van der Waals surface area contributed by atoms with Crippen molar-refractivity contribution in [2.45, 2.75) is 31.4 Å². The lowest BCUT2D eigenvalue weighted by Gasteiger charge is -2.21. The minimum absolute atomic E-state index is 0.0159. The lowest BCUT2D eigenvalue weighted by atomic mass is 10.1. The molecule has 30 heavy (non-hydrogen) atoms. The van der Waals surface area contributed by atoms with Crippen molar-refractivity contribution in [2.75, 3.05) is 23.9 Å². The van der Waals surface area contributed by atoms with E-state index in [0.29, 0.717) is 17.8 Å². The Morgan fingerprint density at radius 2 is 1.80 bits per heavy atom. The number of aryl methyl sites for hydroxylation is 2. The Hall–Kier alpha value is -2.33. The predicted molar refractivity (Wildman–Crippen MR) is 126 cm³/mol. The van der Waals surface area contributed by atoms with Gasteiger partial charge in [0, 0.05) is 44.7 Å². The summed E-state index contributed by atoms with van der Waals surface area (Å²) in [4.78, 5) is 33.1. The highest BCUT2D eigenvalue weighted by molar-refractivity contribution is 8.76. The van der Waals surface area contributed by atoms with Gasteiger partial charge in [-0.15, -0.1) is 0 Å². The fourth-order valence-corrected chi connectivity index (χ4v) is 4.83. The summed E-state index contributed by atoms with van der Waals surface area (Å²) >= 11 is 0. The molecule has 0 bridgehead atoms. The van der Waals surface area contributed by atoms with Gasteiger partial charge in [0.1, 0.15) is 5.69 Å². The van der Waals surface area contributed by atoms with Gasteiger partial charge >= 0.3 is 5.97 Å². The van der Waals surface area contributed by atoms with E-state index < -0.39 is 5.97 Å². The fraction of sp³-hybridized carbons (Fsp3) is 0.450. The second kappa shape index (κ2) is 11.8. The van der Waals surface area contributed by atoms with Crippen LogP contribution < -0.4 is 10.6 Å². The van der Waals surface area contributed by atoms with Crippen LogP contribution >= 0.6 is 21.6 Å². The monoisotopic (exact) mass is 454 g/mol. The van der Waals surface area contributed by atoms with Crippen molar-refractivity contribution in [3.8, 4) is 0 Å². The molecule has 2 rings (SSSR count). The molecule has 1 amide bonds. The standard InChI is InChI=1S/C13H20N2O2S2.C7H10N2O2/c1-13(2,19-18-4)6-5-12(17)14-10-7-11(9-16)15(3)8-10;1-8-5-3-6(7(10)11)9(2)4-5/h7-9H,5-6H2,1-4H3,(H,14,17);3-4,8H,1-2H3,(H,10,11). The first-order chi connectivity index (χ1) is 14.0. The van der Waals surface area contributed by atoms with Crippen molar-refractivity contribution >= 4 is 51.1 Å². The van der Waals surface area contributed by atoms with Crippen molar-refractivity contribution in [1.82, 2.24) is 9.13 Å². The van der Waals surface area contributed by atoms with Gasteiger partial charge in [0.15, 0.2) is 6.29 Å². The van der Waals surface area contributed by atoms with Crippen molar-refractivity contribution in [3.05, 3.63) is 35.9 Å². The van der Waals surface area contributed by atoms with Crippen molar-refractivity contribution < 1.29 is 19.5 Å². The Morgan fingerprint density at radius 1 is 1.17 bits per heavy atom. The van der Waals surface area contributed by atoms with Crippen LogP contribution in [0.3, 0.4) is 0 Å². The van der Waals surface area contributed by atoms with Crippen LogP contribution in [0.25, 0.3) is 0 Å². The van der Waals surface area contributed by atoms with Crippen LogP contribution in [-0.2, 0) is 18.9 Å². The Balaban J connectivity index is 0.000000346. The zero-order chi connectivity index (χ0) is 22.9. The van der Waals surface area contributed by atoms with E-state index in [-0.39, 0.29) is 16.3 Å². The third-order valence-corrected chi connectivity index (χ3v) is 6.90. The average molecular weight is 455 g/mol. The van der Waals surface area contributed by atoms with Gasteiger partial charge in [-0.25, -0.2) is 4.79 Å². The molecule has 0 saturated carbocycles. The van der Waals surface area contributed by atoms with Gasteiger partial charge in [-0.3, -0.25) is 9.59 Å². The maximum atomic E-state index is 11.8. The highest BCUT2D eigenvalue weighted by Gasteiger charge is 2.19. The number of hydrogen-bond donors (Lipinski definition) is 3. The van der Waals surface area contributed by atoms with Crippen LogP contribution in [0.1, 0.15) is 47.7 Å². The van der Waals surface area contributed by atoms with Gasteiger partial charge in [0.25, 0.3) is 0 Å². The molecule has 8 nitrogen and oxygen atoms in total. The van der Waals surface area contributed by atoms with Gasteiger partial charge in [-0.2, -0.15) is 0 Å². The molecule has 10 heteroatoms. The zero-order valence-corrected chi connectivity index (χ0v) is 19.8. The summed E-state index contributed by atoms with van der Waals surface area (Å²) in [5, 5.41) is 14.3. The summed E-state index contributed by atoms with van der Waals surface area (Å²) in [6.45, 7) is 4.27. The average Bonchev–Trinajstić information content (AvgIpc) is 3.22. The Kier molecular flexibility index (Phi) is 10.1. The molecule has 0 saturated heterocycles. The van der Waals surface area contributed by atoms with Crippen molar-refractivity contribution in [3.63, 3.8) is 0 Å². The van der Waals surface area contributed by atoms with E-state index >= 15 is 0 Å². The lowest BCUT2D eigenvalue weighted by Crippen LogP contribution is -2.19. The number of anilines is 2. The molecule has 2 heterocycles. The van der Waals surface area contributed by atoms with Crippen LogP contribution in [-0.4, -0.2) is 50.5 Å². The molecular weight excluding hydrogens is 424 g/mol. The lowest BCUT2D eigenvalue weighted by molar-refractivity contribution is -0.116. The van der Waals surface area contributed by atoms with Gasteiger partial charge in [0.2, 0.25) is 5.91 Å². The van der Waals surface area contributed by atoms with E-state index in [9.17, 15) is 14.4 Å². The van der Waals surface area contributed by atoms with E-state index in [1.54, 1.807) is 76.4 Å². The summed E-state index contributed by atoms with van der Waals surface area (Å²) in [5.74, 6) is -0.924. The van der Waals surface area contributed by atoms with E-state index in [2.05, 4.69) is 24.5 Å². The quantitative estimate of drug-likeness (QED) is 0.387. The molecule has 2 aromatic heterocycles. The number of aldehydes is 1. The van der Waals surface area contributed by atoms with Crippen LogP contribution in [0.2, 0.25) is 0 Å². The number of nitrogens with zero attached hydrogens (tertiary/aromatic N) is 2. The molecule has 0 radical (unpaired) electrons. The molecule has 0 aromatic carbocycles. The van der Waals surface area contributed by atoms with Crippen LogP contribution in [0.5, 0.6) is 0 Å². The number of nitrogens with one attached hydrogen (secondary N) is 2. The first-order valence-electron chi connectivity index (χ1n) is 9.23. The second-order valence-electron chi connectivity index (χ2n) is 7.22. The van der Waals surface area contributed by atoms with Gasteiger partial charge in [-0.1, -0.05) is 21.6 Å². The van der Waals surface area contributed by atoms with Crippen LogP contribution in [0.4, 0.5) is 11.4 Å². The number of amides is 1. The van der Waals surface area contributed by atoms with E-state index in [4.69, 9.17) is 5.11 Å². The predicted octanol–water partition coefficient (Wildman–Crippen LogP) is 4.11. The molecule has 2 aromatic rings. The number of rotatable bonds is 9. The first kappa shape index (κ1) is 25.7. The summed E-state index contributed by atoms with van der Waals surface area (Å²) in [7, 11) is 8.72. The number of hydrogen-bond acceptors (Lipinski definition) is 6. The van der Waals surface area contributed by atoms with Crippen LogP contribution in [0.15, 0.2) is 24.5 Å². The molecule has 166 valence electrons. The Bertz CT molecular complexity index is 874. The van der Waals surface area contributed by atoms with Gasteiger partial charge in [0.05, 0.1) is 17.1 Å². The van der Waals surface area contributed by atoms with E-state index in [1.165, 1.54) is 0 Å². The minimum Gasteiger partial charge on any atom is -0.477 e. The fourth-order valence-electron chi connectivity index (χ4n) is 2.59. The minimum atomic E-state index is -0.908. The number of aromatic nitrogens is 2. The highest BCUT2D eigenvalue weighted by Crippen LogP contribution is 2.37. The number of carboxylic acid groups (broad SMARTS) is 1. The largest absolute Gasteiger partial charge is 0.477 e. The summed E-state index contributed by atoms with van der Waals surface area (Å²) in [6.07, 6.45) is 7.57. The van der Waals surface area contributed by atoms with E-state index in [1.807, 2.05) is 6.26 Å². The molecule has 0 unspecified atom stereocenters. The maximum absolute atomic E-state index is 11.8. The van der Waals surface area contributed by atoms with Gasteiger partial charge in [-0.05, 0) is 38.7 Å². The first-order valence-corrected chi connectivity index (χ1v) is 11.8. The normalized spacial score (nSPS) is 10.7. The van der Waals surface area contributed by atoms with Gasteiger partial charge < -0.3 is 24.9 Å². The zero-order valence-electron chi connectivity index (χ0n) is 18.2. The number of carbonyl (C=O) groups excluding carboxylic acids is 2. The Morgan fingerprint density at radius 3 is 2.23 bits per heavy atom. The highest BCUT2D eigenvalue weighted by atomic mass is 33.1. The smallest absolute Gasteiger partial charge is 0.352 e. The molecular formula is C20H30N4O4S2. The molecule has 0 spiro atoms. The van der Waals surface area contributed by atoms with Crippen LogP contribution in [0, 0.1) is 0 Å². The second-order valence-corrected chi connectivity index (χ2v) is 10.3. The summed E-state index contributed by atoms with van der Waals surface area (Å²) in [5.41, 5.74) is 2.32. The van der Waals surface area contributed by atoms with E-state index in [0.717, 1.165) is 18.4 Å². The van der Waals surface area contributed by atoms with Crippen molar-refractivity contribution in [2.24, 2.45) is 14.1 Å². The summed E-state index contributed by atoms with van der Waals surface area (Å²) in [6, 6.07) is 3.26. The molecule has 0 atom stereocenters. The topological polar surface area (TPSA) is 105 Å². The molecule has 0 aliphatic carbocycles. The molecule has 0 aliphatic heterocycles. The maximum Gasteiger partial charge on any atom is 0.352 e. The number of aromatic carboxylic acids is 1. The third kappa shape index (κ3) is 8.19. The summed E-state index contributed by atoms with van der Waals surface area (Å²) < 4.78 is 3.34. The molecule has 3 N–H and O–H groups in total. The molecule has 0 aliphatic rings. The number of carboxylic acids is 1. The Labute approximate surface area is 185 Å². The van der Waals surface area contributed by atoms with Crippen molar-refractivity contribution in [1.29, 1.82) is 0 Å². The molecule has 0 fully saturated rings.